The molecule has 0 aromatic carbocycles. The minimum absolute atomic E-state index is 0.0917. The highest BCUT2D eigenvalue weighted by Gasteiger charge is 2.20. The molecule has 0 aromatic rings. The molecule has 398 valence electrons. The first kappa shape index (κ1) is 65.4. The Kier molecular flexibility index (Phi) is 50.3. The Bertz CT molecular complexity index is 1210. The van der Waals surface area contributed by atoms with E-state index in [-0.39, 0.29) is 55.9 Å². The van der Waals surface area contributed by atoms with Gasteiger partial charge in [-0.2, -0.15) is 0 Å². The number of carbonyl (C=O) groups is 3. The molecule has 0 amide bonds. The molecule has 4 atom stereocenters. The predicted molar refractivity (Wildman–Crippen MR) is 280 cm³/mol. The Morgan fingerprint density at radius 3 is 1.13 bits per heavy atom. The summed E-state index contributed by atoms with van der Waals surface area (Å²) in [6.45, 7) is 6.36. The van der Waals surface area contributed by atoms with Gasteiger partial charge in [0, 0.05) is 19.3 Å². The first-order chi connectivity index (χ1) is 33.3. The lowest BCUT2D eigenvalue weighted by Crippen LogP contribution is -2.30. The van der Waals surface area contributed by atoms with Crippen LogP contribution in [0.15, 0.2) is 36.5 Å². The smallest absolute Gasteiger partial charge is 0.306 e. The van der Waals surface area contributed by atoms with Crippen LogP contribution in [-0.4, -0.2) is 60.6 Å². The summed E-state index contributed by atoms with van der Waals surface area (Å²) >= 11 is 0. The summed E-state index contributed by atoms with van der Waals surface area (Å²) in [5, 5.41) is 10.1. The third kappa shape index (κ3) is 47.1. The van der Waals surface area contributed by atoms with E-state index in [4.69, 9.17) is 35.7 Å². The Labute approximate surface area is 417 Å². The Morgan fingerprint density at radius 2 is 0.735 bits per heavy atom. The number of allylic oxidation sites excluding steroid dienone is 3. The number of carbonyl (C=O) groups excluding carboxylic acids is 3. The topological polar surface area (TPSA) is 170 Å². The van der Waals surface area contributed by atoms with Gasteiger partial charge >= 0.3 is 17.9 Å². The fourth-order valence-electron chi connectivity index (χ4n) is 8.17. The van der Waals surface area contributed by atoms with Crippen LogP contribution in [0.4, 0.5) is 0 Å². The third-order valence-electron chi connectivity index (χ3n) is 12.7. The highest BCUT2D eigenvalue weighted by atomic mass is 16.6. The van der Waals surface area contributed by atoms with Crippen molar-refractivity contribution >= 4 is 17.9 Å². The van der Waals surface area contributed by atoms with Crippen molar-refractivity contribution in [3.05, 3.63) is 36.5 Å². The molecule has 68 heavy (non-hydrogen) atoms. The standard InChI is InChI=1S/C57H106N2O9/c1-4-7-10-31-40-51(60)41-32-25-19-13-16-22-28-37-46-55(61)64-49-54(66-57(63)48-39-30-24-18-15-21-27-36-45-53(68-59)43-34-12-9-6-3)50-65-56(62)47-38-29-23-17-14-20-26-35-44-52(67-58)42-33-11-8-5-2/h25-27,32,35-36,51-54,60H,4-24,28-31,33-34,37-50,58-59H2,1-3H3/b32-25-,35-26-,36-27-. The molecule has 0 aliphatic carbocycles. The lowest BCUT2D eigenvalue weighted by atomic mass is 10.1. The van der Waals surface area contributed by atoms with Crippen LogP contribution in [0.1, 0.15) is 271 Å². The van der Waals surface area contributed by atoms with Crippen LogP contribution >= 0.6 is 0 Å². The number of aliphatic hydroxyl groups excluding tert-OH is 1. The Hall–Kier alpha value is -2.57. The fraction of sp³-hybridized carbons (Fsp3) is 0.842. The molecule has 0 aliphatic rings. The largest absolute Gasteiger partial charge is 0.462 e. The van der Waals surface area contributed by atoms with Gasteiger partial charge < -0.3 is 29.0 Å². The van der Waals surface area contributed by atoms with Gasteiger partial charge in [-0.15, -0.1) is 0 Å². The van der Waals surface area contributed by atoms with E-state index >= 15 is 0 Å². The summed E-state index contributed by atoms with van der Waals surface area (Å²) in [5.74, 6) is 9.96. The molecule has 0 fully saturated rings. The molecule has 5 N–H and O–H groups in total. The molecule has 11 heteroatoms. The lowest BCUT2D eigenvalue weighted by Gasteiger charge is -2.18. The normalized spacial score (nSPS) is 13.7. The monoisotopic (exact) mass is 963 g/mol. The van der Waals surface area contributed by atoms with Crippen molar-refractivity contribution in [2.45, 2.75) is 296 Å². The molecule has 0 saturated heterocycles. The van der Waals surface area contributed by atoms with Crippen LogP contribution in [0, 0.1) is 0 Å². The van der Waals surface area contributed by atoms with E-state index in [2.05, 4.69) is 57.2 Å². The summed E-state index contributed by atoms with van der Waals surface area (Å²) in [6.07, 6.45) is 50.6. The number of hydrogen-bond acceptors (Lipinski definition) is 11. The molecule has 0 saturated carbocycles. The number of esters is 3. The summed E-state index contributed by atoms with van der Waals surface area (Å²) in [6, 6.07) is 0. The van der Waals surface area contributed by atoms with Crippen LogP contribution in [0.2, 0.25) is 0 Å². The van der Waals surface area contributed by atoms with Crippen LogP contribution in [0.5, 0.6) is 0 Å². The molecular formula is C57H106N2O9. The first-order valence-corrected chi connectivity index (χ1v) is 28.1. The van der Waals surface area contributed by atoms with Crippen molar-refractivity contribution in [2.75, 3.05) is 13.2 Å². The lowest BCUT2D eigenvalue weighted by molar-refractivity contribution is -0.167. The fourth-order valence-corrected chi connectivity index (χ4v) is 8.17. The maximum absolute atomic E-state index is 12.9. The summed E-state index contributed by atoms with van der Waals surface area (Å²) < 4.78 is 16.8. The zero-order valence-corrected chi connectivity index (χ0v) is 44.1. The van der Waals surface area contributed by atoms with Crippen LogP contribution in [0.25, 0.3) is 0 Å². The van der Waals surface area contributed by atoms with E-state index in [0.717, 1.165) is 167 Å². The second-order valence-electron chi connectivity index (χ2n) is 19.2. The average molecular weight is 963 g/mol. The molecule has 0 aliphatic heterocycles. The number of aliphatic hydroxyl groups is 1. The second-order valence-corrected chi connectivity index (χ2v) is 19.2. The minimum atomic E-state index is -0.834. The van der Waals surface area contributed by atoms with Crippen molar-refractivity contribution in [2.24, 2.45) is 11.8 Å². The van der Waals surface area contributed by atoms with E-state index in [1.165, 1.54) is 57.8 Å². The van der Waals surface area contributed by atoms with Crippen molar-refractivity contribution < 1.29 is 43.4 Å². The van der Waals surface area contributed by atoms with Crippen molar-refractivity contribution in [1.82, 2.24) is 0 Å². The molecule has 0 heterocycles. The van der Waals surface area contributed by atoms with Crippen LogP contribution < -0.4 is 11.8 Å². The van der Waals surface area contributed by atoms with Crippen molar-refractivity contribution in [1.29, 1.82) is 0 Å². The van der Waals surface area contributed by atoms with E-state index in [0.29, 0.717) is 19.3 Å². The molecule has 0 bridgehead atoms. The third-order valence-corrected chi connectivity index (χ3v) is 12.7. The van der Waals surface area contributed by atoms with Crippen molar-refractivity contribution in [3.63, 3.8) is 0 Å². The maximum atomic E-state index is 12.9. The van der Waals surface area contributed by atoms with Gasteiger partial charge in [0.05, 0.1) is 18.3 Å². The van der Waals surface area contributed by atoms with E-state index in [9.17, 15) is 19.5 Å². The predicted octanol–water partition coefficient (Wildman–Crippen LogP) is 14.8. The number of ether oxygens (including phenoxy) is 3. The number of rotatable bonds is 52. The summed E-state index contributed by atoms with van der Waals surface area (Å²) in [4.78, 5) is 48.5. The van der Waals surface area contributed by atoms with Gasteiger partial charge in [0.15, 0.2) is 6.10 Å². The molecule has 0 radical (unpaired) electrons. The molecular weight excluding hydrogens is 857 g/mol. The van der Waals surface area contributed by atoms with Gasteiger partial charge in [-0.1, -0.05) is 192 Å². The van der Waals surface area contributed by atoms with Gasteiger partial charge in [0.1, 0.15) is 13.2 Å². The molecule has 0 spiro atoms. The summed E-state index contributed by atoms with van der Waals surface area (Å²) in [5.41, 5.74) is 0. The number of hydrogen-bond donors (Lipinski definition) is 3. The van der Waals surface area contributed by atoms with E-state index in [1.54, 1.807) is 0 Å². The maximum Gasteiger partial charge on any atom is 0.306 e. The molecule has 4 unspecified atom stereocenters. The van der Waals surface area contributed by atoms with Gasteiger partial charge in [-0.3, -0.25) is 14.4 Å². The number of unbranched alkanes of at least 4 members (excludes halogenated alkanes) is 24. The van der Waals surface area contributed by atoms with E-state index < -0.39 is 6.10 Å². The van der Waals surface area contributed by atoms with E-state index in [1.807, 2.05) is 0 Å². The SMILES string of the molecule is CCCCCCC(O)C/C=C\CCCCCCCC(=O)OCC(COC(=O)CCCCCCC/C=C\CC(CCCCCC)ON)OC(=O)CCCCCCC/C=C\CC(CCCCCC)ON. The van der Waals surface area contributed by atoms with Gasteiger partial charge in [0.25, 0.3) is 0 Å². The number of nitrogens with two attached hydrogens (primary N) is 2. The Balaban J connectivity index is 4.58. The van der Waals surface area contributed by atoms with Crippen molar-refractivity contribution in [3.8, 4) is 0 Å². The average Bonchev–Trinajstić information content (AvgIpc) is 3.34. The second kappa shape index (κ2) is 52.3. The van der Waals surface area contributed by atoms with Gasteiger partial charge in [0.2, 0.25) is 0 Å². The van der Waals surface area contributed by atoms with Crippen LogP contribution in [-0.2, 0) is 38.3 Å². The Morgan fingerprint density at radius 1 is 0.397 bits per heavy atom. The van der Waals surface area contributed by atoms with Crippen LogP contribution in [0.3, 0.4) is 0 Å². The van der Waals surface area contributed by atoms with Gasteiger partial charge in [-0.25, -0.2) is 11.8 Å². The minimum Gasteiger partial charge on any atom is -0.462 e. The molecule has 0 rings (SSSR count). The highest BCUT2D eigenvalue weighted by Crippen LogP contribution is 2.16. The highest BCUT2D eigenvalue weighted by molar-refractivity contribution is 5.71. The summed E-state index contributed by atoms with van der Waals surface area (Å²) in [7, 11) is 0. The molecule has 11 nitrogen and oxygen atoms in total. The zero-order chi connectivity index (χ0) is 49.8. The first-order valence-electron chi connectivity index (χ1n) is 28.1. The molecule has 0 aromatic heterocycles. The quantitative estimate of drug-likeness (QED) is 0.0174. The zero-order valence-electron chi connectivity index (χ0n) is 44.1. The van der Waals surface area contributed by atoms with Gasteiger partial charge in [-0.05, 0) is 96.3 Å².